The number of halogens is 3. The molecule has 42 heavy (non-hydrogen) atoms. The molecule has 0 N–H and O–H groups in total. The van der Waals surface area contributed by atoms with E-state index in [9.17, 15) is 22.8 Å². The van der Waals surface area contributed by atoms with Gasteiger partial charge in [0.25, 0.3) is 0 Å². The molecule has 234 valence electrons. The summed E-state index contributed by atoms with van der Waals surface area (Å²) >= 11 is 1.53. The monoisotopic (exact) mass is 608 g/mol. The Morgan fingerprint density at radius 2 is 1.33 bits per heavy atom. The number of esters is 2. The summed E-state index contributed by atoms with van der Waals surface area (Å²) in [4.78, 5) is 27.0. The van der Waals surface area contributed by atoms with E-state index in [-0.39, 0.29) is 23.3 Å². The zero-order chi connectivity index (χ0) is 30.8. The summed E-state index contributed by atoms with van der Waals surface area (Å²) in [6.45, 7) is 8.18. The van der Waals surface area contributed by atoms with Crippen molar-refractivity contribution in [3.8, 4) is 5.75 Å². The highest BCUT2D eigenvalue weighted by Gasteiger charge is 2.42. The van der Waals surface area contributed by atoms with Gasteiger partial charge >= 0.3 is 18.1 Å². The van der Waals surface area contributed by atoms with Crippen LogP contribution in [-0.2, 0) is 16.0 Å². The van der Waals surface area contributed by atoms with Crippen LogP contribution in [0, 0.1) is 0 Å². The van der Waals surface area contributed by atoms with Gasteiger partial charge in [0.1, 0.15) is 5.75 Å². The van der Waals surface area contributed by atoms with Crippen molar-refractivity contribution >= 4 is 28.8 Å². The van der Waals surface area contributed by atoms with Crippen LogP contribution < -0.4 is 4.74 Å². The molecule has 4 nitrogen and oxygen atoms in total. The Kier molecular flexibility index (Phi) is 16.6. The Bertz CT molecular complexity index is 1080. The SMILES string of the molecule is C=C(C(=O)Oc1ccc(C(=O)OC(CCCCCCCC)C(F)(F)F)cc1)c1ccc(CCCCCCCCCC)s1. The lowest BCUT2D eigenvalue weighted by Crippen LogP contribution is -2.33. The Morgan fingerprint density at radius 3 is 1.90 bits per heavy atom. The van der Waals surface area contributed by atoms with Gasteiger partial charge in [0.15, 0.2) is 6.10 Å². The molecule has 1 heterocycles. The van der Waals surface area contributed by atoms with E-state index in [1.807, 2.05) is 12.1 Å². The summed E-state index contributed by atoms with van der Waals surface area (Å²) in [5.74, 6) is -1.53. The number of thiophene rings is 1. The third-order valence-electron chi connectivity index (χ3n) is 7.22. The number of alkyl halides is 3. The predicted octanol–water partition coefficient (Wildman–Crippen LogP) is 10.9. The minimum Gasteiger partial charge on any atom is -0.449 e. The van der Waals surface area contributed by atoms with Crippen LogP contribution in [0.5, 0.6) is 5.75 Å². The molecule has 0 spiro atoms. The number of ether oxygens (including phenoxy) is 2. The van der Waals surface area contributed by atoms with Gasteiger partial charge in [-0.25, -0.2) is 9.59 Å². The maximum absolute atomic E-state index is 13.4. The summed E-state index contributed by atoms with van der Waals surface area (Å²) in [5, 5.41) is 0. The fourth-order valence-electron chi connectivity index (χ4n) is 4.63. The maximum Gasteiger partial charge on any atom is 0.425 e. The summed E-state index contributed by atoms with van der Waals surface area (Å²) in [6.07, 6.45) is 8.96. The molecule has 1 aromatic heterocycles. The molecule has 1 unspecified atom stereocenters. The average molecular weight is 609 g/mol. The Balaban J connectivity index is 1.80. The minimum atomic E-state index is -4.63. The summed E-state index contributed by atoms with van der Waals surface area (Å²) in [6, 6.07) is 9.19. The van der Waals surface area contributed by atoms with E-state index in [4.69, 9.17) is 9.47 Å². The van der Waals surface area contributed by atoms with Gasteiger partial charge in [0, 0.05) is 9.75 Å². The second-order valence-electron chi connectivity index (χ2n) is 10.9. The highest BCUT2D eigenvalue weighted by molar-refractivity contribution is 7.13. The second-order valence-corrected chi connectivity index (χ2v) is 12.0. The molecule has 0 saturated carbocycles. The van der Waals surface area contributed by atoms with Crippen LogP contribution in [0.1, 0.15) is 130 Å². The summed E-state index contributed by atoms with van der Waals surface area (Å²) < 4.78 is 50.6. The molecule has 0 fully saturated rings. The van der Waals surface area contributed by atoms with Crippen LogP contribution in [0.2, 0.25) is 0 Å². The van der Waals surface area contributed by atoms with Gasteiger partial charge in [-0.1, -0.05) is 97.5 Å². The van der Waals surface area contributed by atoms with Crippen molar-refractivity contribution < 1.29 is 32.2 Å². The largest absolute Gasteiger partial charge is 0.449 e. The van der Waals surface area contributed by atoms with Crippen LogP contribution in [0.4, 0.5) is 13.2 Å². The fraction of sp³-hybridized carbons (Fsp3) is 0.588. The van der Waals surface area contributed by atoms with Crippen molar-refractivity contribution in [1.29, 1.82) is 0 Å². The quantitative estimate of drug-likeness (QED) is 0.0612. The first-order valence-corrected chi connectivity index (χ1v) is 16.3. The molecule has 0 aliphatic carbocycles. The molecule has 2 aromatic rings. The molecule has 0 saturated heterocycles. The highest BCUT2D eigenvalue weighted by Crippen LogP contribution is 2.29. The first-order chi connectivity index (χ1) is 20.2. The Labute approximate surface area is 253 Å². The van der Waals surface area contributed by atoms with Crippen molar-refractivity contribution in [2.75, 3.05) is 0 Å². The molecule has 0 aliphatic heterocycles. The van der Waals surface area contributed by atoms with Gasteiger partial charge in [-0.2, -0.15) is 13.2 Å². The van der Waals surface area contributed by atoms with E-state index in [1.165, 1.54) is 85.4 Å². The molecule has 2 rings (SSSR count). The predicted molar refractivity (Wildman–Crippen MR) is 165 cm³/mol. The zero-order valence-corrected chi connectivity index (χ0v) is 26.1. The van der Waals surface area contributed by atoms with E-state index < -0.39 is 24.2 Å². The topological polar surface area (TPSA) is 52.6 Å². The second kappa shape index (κ2) is 19.6. The first-order valence-electron chi connectivity index (χ1n) is 15.5. The summed E-state index contributed by atoms with van der Waals surface area (Å²) in [7, 11) is 0. The number of aryl methyl sites for hydroxylation is 1. The third-order valence-corrected chi connectivity index (χ3v) is 8.42. The van der Waals surface area contributed by atoms with Crippen LogP contribution in [0.3, 0.4) is 0 Å². The van der Waals surface area contributed by atoms with Crippen molar-refractivity contribution in [1.82, 2.24) is 0 Å². The number of benzene rings is 1. The lowest BCUT2D eigenvalue weighted by molar-refractivity contribution is -0.206. The number of rotatable bonds is 21. The normalized spacial score (nSPS) is 12.2. The Morgan fingerprint density at radius 1 is 0.786 bits per heavy atom. The number of hydrogen-bond acceptors (Lipinski definition) is 5. The van der Waals surface area contributed by atoms with Crippen molar-refractivity contribution in [2.45, 2.75) is 129 Å². The lowest BCUT2D eigenvalue weighted by atomic mass is 10.1. The molecule has 0 radical (unpaired) electrons. The van der Waals surface area contributed by atoms with Crippen molar-refractivity contribution in [2.24, 2.45) is 0 Å². The van der Waals surface area contributed by atoms with E-state index in [0.717, 1.165) is 43.4 Å². The molecule has 0 bridgehead atoms. The molecular formula is C34H47F3O4S. The van der Waals surface area contributed by atoms with Crippen LogP contribution in [-0.4, -0.2) is 24.2 Å². The number of carbonyl (C=O) groups excluding carboxylic acids is 2. The van der Waals surface area contributed by atoms with Crippen molar-refractivity contribution in [3.63, 3.8) is 0 Å². The molecular weight excluding hydrogens is 561 g/mol. The maximum atomic E-state index is 13.4. The van der Waals surface area contributed by atoms with Gasteiger partial charge in [-0.15, -0.1) is 11.3 Å². The molecule has 0 amide bonds. The van der Waals surface area contributed by atoms with E-state index >= 15 is 0 Å². The minimum absolute atomic E-state index is 0.0466. The van der Waals surface area contributed by atoms with Crippen molar-refractivity contribution in [3.05, 3.63) is 58.3 Å². The van der Waals surface area contributed by atoms with E-state index in [1.54, 1.807) is 0 Å². The Hall–Kier alpha value is -2.61. The fourth-order valence-corrected chi connectivity index (χ4v) is 5.64. The first kappa shape index (κ1) is 35.6. The lowest BCUT2D eigenvalue weighted by Gasteiger charge is -2.20. The molecule has 8 heteroatoms. The number of unbranched alkanes of at least 4 members (excludes halogenated alkanes) is 12. The number of carbonyl (C=O) groups is 2. The highest BCUT2D eigenvalue weighted by atomic mass is 32.1. The van der Waals surface area contributed by atoms with Gasteiger partial charge in [-0.05, 0) is 62.1 Å². The van der Waals surface area contributed by atoms with Gasteiger partial charge in [0.2, 0.25) is 0 Å². The summed E-state index contributed by atoms with van der Waals surface area (Å²) in [5.41, 5.74) is 0.183. The molecule has 1 aromatic carbocycles. The van der Waals surface area contributed by atoms with E-state index in [0.29, 0.717) is 12.8 Å². The zero-order valence-electron chi connectivity index (χ0n) is 25.2. The average Bonchev–Trinajstić information content (AvgIpc) is 3.43. The molecule has 0 aliphatic rings. The van der Waals surface area contributed by atoms with Gasteiger partial charge < -0.3 is 9.47 Å². The van der Waals surface area contributed by atoms with E-state index in [2.05, 4.69) is 20.4 Å². The third kappa shape index (κ3) is 13.6. The van der Waals surface area contributed by atoms with Gasteiger partial charge in [0.05, 0.1) is 11.1 Å². The number of hydrogen-bond donors (Lipinski definition) is 0. The van der Waals surface area contributed by atoms with Crippen LogP contribution >= 0.6 is 11.3 Å². The van der Waals surface area contributed by atoms with Gasteiger partial charge in [-0.3, -0.25) is 0 Å². The standard InChI is InChI=1S/C34H47F3O4S/c1-4-6-8-10-12-13-14-16-18-29-24-25-30(42-29)26(3)32(38)40-28-22-20-27(21-23-28)33(39)41-31(34(35,36)37)19-17-15-11-9-7-5-2/h20-25,31H,3-19H2,1-2H3. The van der Waals surface area contributed by atoms with Crippen LogP contribution in [0.15, 0.2) is 43.0 Å². The molecule has 1 atom stereocenters. The van der Waals surface area contributed by atoms with Crippen LogP contribution in [0.25, 0.3) is 5.57 Å². The smallest absolute Gasteiger partial charge is 0.425 e.